The van der Waals surface area contributed by atoms with Gasteiger partial charge in [0.2, 0.25) is 10.0 Å². The number of hydrazine groups is 1. The van der Waals surface area contributed by atoms with Crippen LogP contribution in [-0.2, 0) is 19.9 Å². The van der Waals surface area contributed by atoms with Crippen molar-refractivity contribution in [3.05, 3.63) is 0 Å². The summed E-state index contributed by atoms with van der Waals surface area (Å²) in [4.78, 5) is 2.28. The van der Waals surface area contributed by atoms with Gasteiger partial charge in [0, 0.05) is 19.3 Å². The predicted molar refractivity (Wildman–Crippen MR) is 57.2 cm³/mol. The normalized spacial score (nSPS) is 20.3. The maximum Gasteiger partial charge on any atom is 0.238 e. The summed E-state index contributed by atoms with van der Waals surface area (Å²) in [5.41, 5.74) is 0. The van der Waals surface area contributed by atoms with E-state index in [-0.39, 0.29) is 0 Å². The fourth-order valence-corrected chi connectivity index (χ4v) is 4.53. The van der Waals surface area contributed by atoms with Crippen LogP contribution in [0, 0.1) is 0 Å². The Morgan fingerprint density at radius 3 is 2.07 bits per heavy atom. The zero-order chi connectivity index (χ0) is 11.5. The second kappa shape index (κ2) is 4.77. The first-order valence-electron chi connectivity index (χ1n) is 4.71. The van der Waals surface area contributed by atoms with Crippen molar-refractivity contribution in [2.45, 2.75) is 19.3 Å². The zero-order valence-corrected chi connectivity index (χ0v) is 10.3. The maximum absolute atomic E-state index is 11.4. The molecule has 1 aliphatic rings. The Balaban J connectivity index is 2.56. The molecule has 0 aromatic carbocycles. The molecule has 1 N–H and O–H groups in total. The van der Waals surface area contributed by atoms with Gasteiger partial charge >= 0.3 is 0 Å². The lowest BCUT2D eigenvalue weighted by Gasteiger charge is -2.26. The zero-order valence-electron chi connectivity index (χ0n) is 8.64. The van der Waals surface area contributed by atoms with Gasteiger partial charge < -0.3 is 0 Å². The number of rotatable bonds is 4. The van der Waals surface area contributed by atoms with E-state index in [0.29, 0.717) is 13.1 Å². The molecule has 0 aromatic heterocycles. The maximum atomic E-state index is 11.4. The number of sulfone groups is 1. The molecule has 0 aliphatic carbocycles. The summed E-state index contributed by atoms with van der Waals surface area (Å²) in [6.45, 7) is 1.28. The molecule has 0 saturated carbocycles. The standard InChI is InChI=1S/C7H16N2O4S2/c1-14(10,11)7-15(12,13)8-9-5-3-2-4-6-9/h8H,2-7H2,1H3. The molecule has 0 amide bonds. The van der Waals surface area contributed by atoms with E-state index in [0.717, 1.165) is 25.5 Å². The van der Waals surface area contributed by atoms with Crippen molar-refractivity contribution in [3.63, 3.8) is 0 Å². The van der Waals surface area contributed by atoms with E-state index in [9.17, 15) is 16.8 Å². The minimum Gasteiger partial charge on any atom is -0.231 e. The van der Waals surface area contributed by atoms with Crippen LogP contribution in [-0.4, -0.2) is 46.3 Å². The second-order valence-electron chi connectivity index (χ2n) is 3.80. The average Bonchev–Trinajstić information content (AvgIpc) is 1.99. The molecule has 1 heterocycles. The third kappa shape index (κ3) is 5.45. The minimum absolute atomic E-state index is 0.642. The minimum atomic E-state index is -3.75. The lowest BCUT2D eigenvalue weighted by molar-refractivity contribution is 0.200. The monoisotopic (exact) mass is 256 g/mol. The van der Waals surface area contributed by atoms with Gasteiger partial charge in [-0.2, -0.15) is 0 Å². The highest BCUT2D eigenvalue weighted by atomic mass is 32.3. The van der Waals surface area contributed by atoms with Crippen molar-refractivity contribution in [3.8, 4) is 0 Å². The Morgan fingerprint density at radius 2 is 1.60 bits per heavy atom. The van der Waals surface area contributed by atoms with Gasteiger partial charge in [0.1, 0.15) is 0 Å². The van der Waals surface area contributed by atoms with Crippen LogP contribution in [0.4, 0.5) is 0 Å². The molecule has 6 nitrogen and oxygen atoms in total. The molecule has 0 radical (unpaired) electrons. The summed E-state index contributed by atoms with van der Waals surface area (Å²) >= 11 is 0. The molecule has 0 bridgehead atoms. The Kier molecular flexibility index (Phi) is 4.10. The molecule has 1 aliphatic heterocycles. The highest BCUT2D eigenvalue weighted by Crippen LogP contribution is 2.07. The average molecular weight is 256 g/mol. The lowest BCUT2D eigenvalue weighted by Crippen LogP contribution is -2.46. The van der Waals surface area contributed by atoms with Crippen LogP contribution < -0.4 is 4.83 Å². The topological polar surface area (TPSA) is 83.5 Å². The smallest absolute Gasteiger partial charge is 0.231 e. The molecule has 8 heteroatoms. The largest absolute Gasteiger partial charge is 0.238 e. The summed E-state index contributed by atoms with van der Waals surface area (Å²) in [5, 5.41) is 0.709. The van der Waals surface area contributed by atoms with Gasteiger partial charge in [-0.15, -0.1) is 4.83 Å². The molecule has 15 heavy (non-hydrogen) atoms. The number of piperidine rings is 1. The number of nitrogens with one attached hydrogen (secondary N) is 1. The van der Waals surface area contributed by atoms with Gasteiger partial charge in [0.05, 0.1) is 0 Å². The summed E-state index contributed by atoms with van der Waals surface area (Å²) in [5.74, 6) is 0. The van der Waals surface area contributed by atoms with Crippen molar-refractivity contribution in [1.82, 2.24) is 9.84 Å². The van der Waals surface area contributed by atoms with E-state index < -0.39 is 24.9 Å². The molecule has 1 fully saturated rings. The van der Waals surface area contributed by atoms with E-state index in [1.807, 2.05) is 0 Å². The van der Waals surface area contributed by atoms with Crippen LogP contribution in [0.25, 0.3) is 0 Å². The number of nitrogens with zero attached hydrogens (tertiary/aromatic N) is 1. The Bertz CT molecular complexity index is 395. The molecular weight excluding hydrogens is 240 g/mol. The van der Waals surface area contributed by atoms with Gasteiger partial charge in [0.15, 0.2) is 14.9 Å². The molecule has 0 atom stereocenters. The third-order valence-electron chi connectivity index (χ3n) is 1.99. The number of sulfonamides is 1. The van der Waals surface area contributed by atoms with Gasteiger partial charge in [0.25, 0.3) is 0 Å². The Hall–Kier alpha value is -0.180. The summed E-state index contributed by atoms with van der Waals surface area (Å²) < 4.78 is 44.5. The Labute approximate surface area is 90.6 Å². The molecule has 0 spiro atoms. The predicted octanol–water partition coefficient (Wildman–Crippen LogP) is -0.691. The van der Waals surface area contributed by atoms with Crippen LogP contribution in [0.15, 0.2) is 0 Å². The first-order valence-corrected chi connectivity index (χ1v) is 8.43. The molecule has 0 aromatic rings. The summed E-state index contributed by atoms with van der Waals surface area (Å²) in [7, 11) is -7.26. The first kappa shape index (κ1) is 12.9. The summed E-state index contributed by atoms with van der Waals surface area (Å²) in [6.07, 6.45) is 3.86. The van der Waals surface area contributed by atoms with E-state index in [4.69, 9.17) is 0 Å². The van der Waals surface area contributed by atoms with E-state index in [2.05, 4.69) is 4.83 Å². The Morgan fingerprint density at radius 1 is 1.07 bits per heavy atom. The van der Waals surface area contributed by atoms with Crippen molar-refractivity contribution >= 4 is 19.9 Å². The highest BCUT2D eigenvalue weighted by Gasteiger charge is 2.21. The van der Waals surface area contributed by atoms with E-state index in [1.54, 1.807) is 5.01 Å². The van der Waals surface area contributed by atoms with E-state index in [1.165, 1.54) is 0 Å². The van der Waals surface area contributed by atoms with Crippen molar-refractivity contribution < 1.29 is 16.8 Å². The van der Waals surface area contributed by atoms with Crippen LogP contribution in [0.5, 0.6) is 0 Å². The molecular formula is C7H16N2O4S2. The number of hydrogen-bond donors (Lipinski definition) is 1. The fourth-order valence-electron chi connectivity index (χ4n) is 1.49. The van der Waals surface area contributed by atoms with Crippen LogP contribution in [0.1, 0.15) is 19.3 Å². The first-order chi connectivity index (χ1) is 6.79. The van der Waals surface area contributed by atoms with Crippen LogP contribution in [0.2, 0.25) is 0 Å². The van der Waals surface area contributed by atoms with Crippen LogP contribution >= 0.6 is 0 Å². The molecule has 1 saturated heterocycles. The third-order valence-corrected chi connectivity index (χ3v) is 5.48. The van der Waals surface area contributed by atoms with E-state index >= 15 is 0 Å². The van der Waals surface area contributed by atoms with Crippen molar-refractivity contribution in [2.75, 3.05) is 24.4 Å². The highest BCUT2D eigenvalue weighted by molar-refractivity contribution is 8.06. The van der Waals surface area contributed by atoms with Crippen molar-refractivity contribution in [1.29, 1.82) is 0 Å². The van der Waals surface area contributed by atoms with Gasteiger partial charge in [-0.1, -0.05) is 6.42 Å². The van der Waals surface area contributed by atoms with Gasteiger partial charge in [-0.05, 0) is 12.8 Å². The molecule has 0 unspecified atom stereocenters. The SMILES string of the molecule is CS(=O)(=O)CS(=O)(=O)NN1CCCCC1. The molecule has 90 valence electrons. The van der Waals surface area contributed by atoms with Gasteiger partial charge in [-0.25, -0.2) is 21.8 Å². The second-order valence-corrected chi connectivity index (χ2v) is 8.00. The summed E-state index contributed by atoms with van der Waals surface area (Å²) in [6, 6.07) is 0. The van der Waals surface area contributed by atoms with Gasteiger partial charge in [-0.3, -0.25) is 0 Å². The number of hydrogen-bond acceptors (Lipinski definition) is 5. The van der Waals surface area contributed by atoms with Crippen molar-refractivity contribution in [2.24, 2.45) is 0 Å². The fraction of sp³-hybridized carbons (Fsp3) is 1.00. The molecule has 1 rings (SSSR count). The quantitative estimate of drug-likeness (QED) is 0.719. The van der Waals surface area contributed by atoms with Crippen LogP contribution in [0.3, 0.4) is 0 Å². The lowest BCUT2D eigenvalue weighted by atomic mass is 10.2.